The Morgan fingerprint density at radius 1 is 1.47 bits per heavy atom. The van der Waals surface area contributed by atoms with Gasteiger partial charge in [0.2, 0.25) is 12.0 Å². The quantitative estimate of drug-likeness (QED) is 0.613. The van der Waals surface area contributed by atoms with E-state index < -0.39 is 6.67 Å². The molecule has 0 unspecified atom stereocenters. The van der Waals surface area contributed by atoms with Gasteiger partial charge in [0.15, 0.2) is 0 Å². The number of alkyl halides is 1. The molecule has 6 heteroatoms. The molecule has 5 nitrogen and oxygen atoms in total. The van der Waals surface area contributed by atoms with Crippen molar-refractivity contribution in [1.82, 2.24) is 9.78 Å². The first-order chi connectivity index (χ1) is 9.24. The number of aliphatic imine (C=N–C) groups is 1. The van der Waals surface area contributed by atoms with E-state index in [-0.39, 0.29) is 6.61 Å². The summed E-state index contributed by atoms with van der Waals surface area (Å²) in [7, 11) is 1.77. The van der Waals surface area contributed by atoms with Gasteiger partial charge in [0.25, 0.3) is 0 Å². The van der Waals surface area contributed by atoms with Crippen molar-refractivity contribution in [2.75, 3.05) is 0 Å². The minimum atomic E-state index is -0.650. The van der Waals surface area contributed by atoms with E-state index in [1.807, 2.05) is 0 Å². The Bertz CT molecular complexity index is 618. The Hall–Kier alpha value is -2.46. The molecule has 1 heterocycles. The Kier molecular flexibility index (Phi) is 4.05. The van der Waals surface area contributed by atoms with Crippen molar-refractivity contribution < 1.29 is 13.9 Å². The lowest BCUT2D eigenvalue weighted by molar-refractivity contribution is 0.288. The normalized spacial score (nSPS) is 10.0. The van der Waals surface area contributed by atoms with Crippen LogP contribution in [-0.2, 0) is 25.1 Å². The van der Waals surface area contributed by atoms with Crippen LogP contribution in [0.25, 0.3) is 0 Å². The number of isocyanates is 1. The van der Waals surface area contributed by atoms with Crippen molar-refractivity contribution in [3.8, 4) is 5.88 Å². The fourth-order valence-corrected chi connectivity index (χ4v) is 1.68. The zero-order chi connectivity index (χ0) is 13.7. The third-order valence-corrected chi connectivity index (χ3v) is 2.61. The predicted molar refractivity (Wildman–Crippen MR) is 66.6 cm³/mol. The van der Waals surface area contributed by atoms with Crippen LogP contribution < -0.4 is 4.74 Å². The molecule has 0 aliphatic rings. The van der Waals surface area contributed by atoms with Gasteiger partial charge in [-0.25, -0.2) is 9.18 Å². The van der Waals surface area contributed by atoms with Gasteiger partial charge >= 0.3 is 0 Å². The molecule has 0 spiro atoms. The number of rotatable bonds is 5. The number of carbonyl (C=O) groups excluding carboxylic acids is 1. The maximum absolute atomic E-state index is 12.9. The molecule has 0 aliphatic heterocycles. The van der Waals surface area contributed by atoms with E-state index in [1.165, 1.54) is 6.08 Å². The van der Waals surface area contributed by atoms with E-state index in [9.17, 15) is 9.18 Å². The lowest BCUT2D eigenvalue weighted by Crippen LogP contribution is -2.01. The fourth-order valence-electron chi connectivity index (χ4n) is 1.68. The molecular weight excluding hydrogens is 249 g/mol. The monoisotopic (exact) mass is 261 g/mol. The van der Waals surface area contributed by atoms with Gasteiger partial charge in [0, 0.05) is 24.9 Å². The van der Waals surface area contributed by atoms with Gasteiger partial charge in [-0.1, -0.05) is 12.1 Å². The van der Waals surface area contributed by atoms with E-state index in [2.05, 4.69) is 10.1 Å². The zero-order valence-electron chi connectivity index (χ0n) is 10.3. The molecule has 0 N–H and O–H groups in total. The summed E-state index contributed by atoms with van der Waals surface area (Å²) in [5, 5.41) is 4.05. The van der Waals surface area contributed by atoms with Crippen molar-refractivity contribution in [1.29, 1.82) is 0 Å². The van der Waals surface area contributed by atoms with Crippen LogP contribution in [0.5, 0.6) is 5.88 Å². The van der Waals surface area contributed by atoms with E-state index in [4.69, 9.17) is 4.74 Å². The summed E-state index contributed by atoms with van der Waals surface area (Å²) in [5.41, 5.74) is 1.33. The van der Waals surface area contributed by atoms with Crippen LogP contribution in [0.1, 0.15) is 11.1 Å². The molecule has 0 aliphatic carbocycles. The maximum atomic E-state index is 12.9. The SMILES string of the molecule is Cn1ccc(OCc2c(CF)cccc2N=C=O)n1. The highest BCUT2D eigenvalue weighted by atomic mass is 19.1. The van der Waals surface area contributed by atoms with E-state index >= 15 is 0 Å². The topological polar surface area (TPSA) is 56.5 Å². The summed E-state index contributed by atoms with van der Waals surface area (Å²) < 4.78 is 20.0. The summed E-state index contributed by atoms with van der Waals surface area (Å²) in [6, 6.07) is 6.57. The highest BCUT2D eigenvalue weighted by Crippen LogP contribution is 2.24. The predicted octanol–water partition coefficient (Wildman–Crippen LogP) is 2.44. The fraction of sp³-hybridized carbons (Fsp3) is 0.231. The molecule has 0 saturated heterocycles. The second-order valence-electron chi connectivity index (χ2n) is 3.87. The standard InChI is InChI=1S/C13H12FN3O2/c1-17-6-5-13(16-17)19-8-11-10(7-14)3-2-4-12(11)15-9-18/h2-6H,7-8H2,1H3. The minimum absolute atomic E-state index is 0.0949. The van der Waals surface area contributed by atoms with Crippen LogP contribution in [-0.4, -0.2) is 15.9 Å². The average molecular weight is 261 g/mol. The van der Waals surface area contributed by atoms with E-state index in [1.54, 1.807) is 42.2 Å². The van der Waals surface area contributed by atoms with Crippen LogP contribution in [0, 0.1) is 0 Å². The van der Waals surface area contributed by atoms with Gasteiger partial charge in [-0.3, -0.25) is 4.68 Å². The van der Waals surface area contributed by atoms with Crippen LogP contribution in [0.15, 0.2) is 35.5 Å². The molecule has 0 fully saturated rings. The Morgan fingerprint density at radius 2 is 2.32 bits per heavy atom. The van der Waals surface area contributed by atoms with Crippen molar-refractivity contribution in [2.24, 2.45) is 12.0 Å². The molecule has 0 bridgehead atoms. The van der Waals surface area contributed by atoms with Gasteiger partial charge in [0.05, 0.1) is 5.69 Å². The van der Waals surface area contributed by atoms with E-state index in [0.717, 1.165) is 0 Å². The van der Waals surface area contributed by atoms with Gasteiger partial charge in [-0.05, 0) is 11.6 Å². The number of benzene rings is 1. The molecule has 19 heavy (non-hydrogen) atoms. The third-order valence-electron chi connectivity index (χ3n) is 2.61. The summed E-state index contributed by atoms with van der Waals surface area (Å²) in [5.74, 6) is 0.428. The lowest BCUT2D eigenvalue weighted by atomic mass is 10.1. The molecular formula is C13H12FN3O2. The van der Waals surface area contributed by atoms with Crippen molar-refractivity contribution in [3.63, 3.8) is 0 Å². The Balaban J connectivity index is 2.24. The Labute approximate surface area is 109 Å². The van der Waals surface area contributed by atoms with Crippen molar-refractivity contribution in [2.45, 2.75) is 13.3 Å². The molecule has 1 aromatic heterocycles. The third kappa shape index (κ3) is 3.05. The first-order valence-electron chi connectivity index (χ1n) is 5.61. The second kappa shape index (κ2) is 5.93. The molecule has 2 aromatic rings. The highest BCUT2D eigenvalue weighted by molar-refractivity contribution is 5.56. The van der Waals surface area contributed by atoms with Crippen LogP contribution in [0.3, 0.4) is 0 Å². The number of nitrogens with zero attached hydrogens (tertiary/aromatic N) is 3. The molecule has 1 aromatic carbocycles. The van der Waals surface area contributed by atoms with Crippen LogP contribution in [0.4, 0.5) is 10.1 Å². The summed E-state index contributed by atoms with van der Waals surface area (Å²) in [6.45, 7) is -0.555. The number of aromatic nitrogens is 2. The molecule has 98 valence electrons. The largest absolute Gasteiger partial charge is 0.472 e. The molecule has 0 atom stereocenters. The number of halogens is 1. The summed E-state index contributed by atoms with van der Waals surface area (Å²) in [6.07, 6.45) is 3.19. The van der Waals surface area contributed by atoms with Gasteiger partial charge in [0.1, 0.15) is 13.3 Å². The summed E-state index contributed by atoms with van der Waals surface area (Å²) >= 11 is 0. The van der Waals surface area contributed by atoms with E-state index in [0.29, 0.717) is 22.7 Å². The van der Waals surface area contributed by atoms with Crippen LogP contribution in [0.2, 0.25) is 0 Å². The molecule has 0 amide bonds. The molecule has 0 saturated carbocycles. The minimum Gasteiger partial charge on any atom is -0.472 e. The maximum Gasteiger partial charge on any atom is 0.240 e. The number of hydrogen-bond acceptors (Lipinski definition) is 4. The number of aryl methyl sites for hydroxylation is 1. The lowest BCUT2D eigenvalue weighted by Gasteiger charge is -2.09. The number of ether oxygens (including phenoxy) is 1. The highest BCUT2D eigenvalue weighted by Gasteiger charge is 2.09. The second-order valence-corrected chi connectivity index (χ2v) is 3.87. The van der Waals surface area contributed by atoms with Gasteiger partial charge in [-0.15, -0.1) is 5.10 Å². The first-order valence-corrected chi connectivity index (χ1v) is 5.61. The molecule has 2 rings (SSSR count). The van der Waals surface area contributed by atoms with Gasteiger partial charge < -0.3 is 4.74 Å². The Morgan fingerprint density at radius 3 is 2.95 bits per heavy atom. The zero-order valence-corrected chi connectivity index (χ0v) is 10.3. The first kappa shape index (κ1) is 13.0. The van der Waals surface area contributed by atoms with Gasteiger partial charge in [-0.2, -0.15) is 4.99 Å². The average Bonchev–Trinajstić information content (AvgIpc) is 2.83. The smallest absolute Gasteiger partial charge is 0.240 e. The summed E-state index contributed by atoms with van der Waals surface area (Å²) in [4.78, 5) is 13.9. The number of hydrogen-bond donors (Lipinski definition) is 0. The van der Waals surface area contributed by atoms with Crippen molar-refractivity contribution >= 4 is 11.8 Å². The van der Waals surface area contributed by atoms with Crippen molar-refractivity contribution in [3.05, 3.63) is 41.6 Å². The van der Waals surface area contributed by atoms with Crippen LogP contribution >= 0.6 is 0 Å². The molecule has 0 radical (unpaired) electrons.